The first kappa shape index (κ1) is 19.0. The maximum Gasteiger partial charge on any atom is 0.494 e. The second kappa shape index (κ2) is 5.59. The van der Waals surface area contributed by atoms with Crippen LogP contribution in [0.4, 0.5) is 0 Å². The largest absolute Gasteiger partial charge is 0.494 e. The highest BCUT2D eigenvalue weighted by atomic mass is 16.7. The van der Waals surface area contributed by atoms with E-state index in [1.807, 2.05) is 0 Å². The van der Waals surface area contributed by atoms with Gasteiger partial charge in [0.05, 0.1) is 22.4 Å². The van der Waals surface area contributed by atoms with Crippen LogP contribution in [-0.2, 0) is 18.6 Å². The molecular formula is C19H30B2O4. The van der Waals surface area contributed by atoms with Gasteiger partial charge in [0.1, 0.15) is 0 Å². The standard InChI is InChI=1S/C19H30B2O4/c1-13-10-11-14(20-22-16(2,3)17(4,5)23-20)15(12-13)21-24-18(6,7)19(8,9)25-21/h10-12H,1-9H3. The van der Waals surface area contributed by atoms with Crippen LogP contribution in [0.3, 0.4) is 0 Å². The van der Waals surface area contributed by atoms with Crippen molar-refractivity contribution in [1.29, 1.82) is 0 Å². The Kier molecular flexibility index (Phi) is 4.24. The topological polar surface area (TPSA) is 36.9 Å². The van der Waals surface area contributed by atoms with Gasteiger partial charge < -0.3 is 18.6 Å². The first-order chi connectivity index (χ1) is 11.3. The van der Waals surface area contributed by atoms with Crippen molar-refractivity contribution in [3.63, 3.8) is 0 Å². The molecule has 25 heavy (non-hydrogen) atoms. The van der Waals surface area contributed by atoms with E-state index in [2.05, 4.69) is 80.5 Å². The predicted molar refractivity (Wildman–Crippen MR) is 103 cm³/mol. The number of benzene rings is 1. The van der Waals surface area contributed by atoms with Gasteiger partial charge in [0.25, 0.3) is 0 Å². The first-order valence-electron chi connectivity index (χ1n) is 9.07. The first-order valence-corrected chi connectivity index (χ1v) is 9.07. The summed E-state index contributed by atoms with van der Waals surface area (Å²) in [5.41, 5.74) is 1.60. The van der Waals surface area contributed by atoms with Crippen molar-refractivity contribution in [3.8, 4) is 0 Å². The number of hydrogen-bond donors (Lipinski definition) is 0. The average molecular weight is 344 g/mol. The van der Waals surface area contributed by atoms with Crippen LogP contribution in [0.5, 0.6) is 0 Å². The van der Waals surface area contributed by atoms with Gasteiger partial charge in [-0.1, -0.05) is 23.8 Å². The fraction of sp³-hybridized carbons (Fsp3) is 0.684. The van der Waals surface area contributed by atoms with E-state index in [0.29, 0.717) is 0 Å². The summed E-state index contributed by atoms with van der Waals surface area (Å²) in [5, 5.41) is 0. The van der Waals surface area contributed by atoms with E-state index < -0.39 is 14.2 Å². The van der Waals surface area contributed by atoms with Crippen molar-refractivity contribution in [2.45, 2.75) is 84.7 Å². The fourth-order valence-corrected chi connectivity index (χ4v) is 3.05. The van der Waals surface area contributed by atoms with Gasteiger partial charge in [-0.2, -0.15) is 0 Å². The predicted octanol–water partition coefficient (Wildman–Crippen LogP) is 2.59. The minimum Gasteiger partial charge on any atom is -0.399 e. The zero-order valence-electron chi connectivity index (χ0n) is 17.0. The summed E-state index contributed by atoms with van der Waals surface area (Å²) >= 11 is 0. The van der Waals surface area contributed by atoms with Crippen LogP contribution >= 0.6 is 0 Å². The third-order valence-electron chi connectivity index (χ3n) is 6.26. The molecule has 1 aromatic carbocycles. The van der Waals surface area contributed by atoms with Crippen LogP contribution in [0.1, 0.15) is 61.0 Å². The molecule has 0 atom stereocenters. The van der Waals surface area contributed by atoms with E-state index in [0.717, 1.165) is 16.5 Å². The minimum absolute atomic E-state index is 0.379. The minimum atomic E-state index is -0.432. The van der Waals surface area contributed by atoms with E-state index in [-0.39, 0.29) is 22.4 Å². The Morgan fingerprint density at radius 1 is 0.600 bits per heavy atom. The van der Waals surface area contributed by atoms with Crippen LogP contribution in [0.15, 0.2) is 18.2 Å². The SMILES string of the molecule is Cc1ccc(B2OC(C)(C)C(C)(C)O2)c(B2OC(C)(C)C(C)(C)O2)c1. The van der Waals surface area contributed by atoms with Gasteiger partial charge >= 0.3 is 14.2 Å². The molecule has 0 bridgehead atoms. The quantitative estimate of drug-likeness (QED) is 0.773. The molecule has 2 saturated heterocycles. The molecule has 1 aromatic rings. The normalized spacial score (nSPS) is 26.3. The number of rotatable bonds is 2. The van der Waals surface area contributed by atoms with Crippen LogP contribution in [0, 0.1) is 6.92 Å². The van der Waals surface area contributed by atoms with E-state index in [9.17, 15) is 0 Å². The Morgan fingerprint density at radius 2 is 0.960 bits per heavy atom. The van der Waals surface area contributed by atoms with Gasteiger partial charge in [-0.25, -0.2) is 0 Å². The lowest BCUT2D eigenvalue weighted by Crippen LogP contribution is -2.51. The van der Waals surface area contributed by atoms with Crippen LogP contribution in [-0.4, -0.2) is 36.6 Å². The van der Waals surface area contributed by atoms with Crippen molar-refractivity contribution < 1.29 is 18.6 Å². The molecule has 3 rings (SSSR count). The summed E-state index contributed by atoms with van der Waals surface area (Å²) in [7, 11) is -0.862. The smallest absolute Gasteiger partial charge is 0.399 e. The van der Waals surface area contributed by atoms with Crippen LogP contribution < -0.4 is 10.9 Å². The second-order valence-electron chi connectivity index (χ2n) is 9.31. The fourth-order valence-electron chi connectivity index (χ4n) is 3.05. The molecule has 2 aliphatic heterocycles. The summed E-state index contributed by atoms with van der Waals surface area (Å²) in [5.74, 6) is 0. The average Bonchev–Trinajstić information content (AvgIpc) is 2.78. The highest BCUT2D eigenvalue weighted by Crippen LogP contribution is 2.38. The molecule has 6 heteroatoms. The van der Waals surface area contributed by atoms with Crippen molar-refractivity contribution in [2.24, 2.45) is 0 Å². The van der Waals surface area contributed by atoms with Gasteiger partial charge in [-0.15, -0.1) is 0 Å². The van der Waals surface area contributed by atoms with Gasteiger partial charge in [0.2, 0.25) is 0 Å². The molecule has 2 heterocycles. The molecule has 2 fully saturated rings. The van der Waals surface area contributed by atoms with Crippen molar-refractivity contribution in [1.82, 2.24) is 0 Å². The molecular weight excluding hydrogens is 314 g/mol. The zero-order chi connectivity index (χ0) is 18.8. The Bertz CT molecular complexity index is 650. The highest BCUT2D eigenvalue weighted by Gasteiger charge is 2.56. The lowest BCUT2D eigenvalue weighted by atomic mass is 9.64. The lowest BCUT2D eigenvalue weighted by Gasteiger charge is -2.32. The second-order valence-corrected chi connectivity index (χ2v) is 9.31. The Hall–Kier alpha value is -0.810. The van der Waals surface area contributed by atoms with Gasteiger partial charge in [0, 0.05) is 0 Å². The van der Waals surface area contributed by atoms with Gasteiger partial charge in [-0.05, 0) is 73.2 Å². The van der Waals surface area contributed by atoms with E-state index in [4.69, 9.17) is 18.6 Å². The molecule has 0 unspecified atom stereocenters. The number of aryl methyl sites for hydroxylation is 1. The van der Waals surface area contributed by atoms with E-state index in [1.54, 1.807) is 0 Å². The molecule has 136 valence electrons. The van der Waals surface area contributed by atoms with E-state index in [1.165, 1.54) is 0 Å². The maximum atomic E-state index is 6.28. The number of hydrogen-bond acceptors (Lipinski definition) is 4. The third-order valence-corrected chi connectivity index (χ3v) is 6.26. The van der Waals surface area contributed by atoms with Crippen molar-refractivity contribution >= 4 is 25.2 Å². The summed E-state index contributed by atoms with van der Waals surface area (Å²) in [6.07, 6.45) is 0. The summed E-state index contributed by atoms with van der Waals surface area (Å²) < 4.78 is 25.1. The summed E-state index contributed by atoms with van der Waals surface area (Å²) in [6, 6.07) is 6.26. The van der Waals surface area contributed by atoms with Crippen molar-refractivity contribution in [2.75, 3.05) is 0 Å². The van der Waals surface area contributed by atoms with Crippen LogP contribution in [0.25, 0.3) is 0 Å². The molecule has 4 nitrogen and oxygen atoms in total. The van der Waals surface area contributed by atoms with Crippen molar-refractivity contribution in [3.05, 3.63) is 23.8 Å². The summed E-state index contributed by atoms with van der Waals surface area (Å²) in [4.78, 5) is 0. The van der Waals surface area contributed by atoms with Gasteiger partial charge in [-0.3, -0.25) is 0 Å². The molecule has 0 aliphatic carbocycles. The van der Waals surface area contributed by atoms with Gasteiger partial charge in [0.15, 0.2) is 0 Å². The molecule has 0 amide bonds. The van der Waals surface area contributed by atoms with E-state index >= 15 is 0 Å². The monoisotopic (exact) mass is 344 g/mol. The molecule has 0 aromatic heterocycles. The zero-order valence-corrected chi connectivity index (χ0v) is 17.0. The molecule has 0 saturated carbocycles. The Labute approximate surface area is 152 Å². The summed E-state index contributed by atoms with van der Waals surface area (Å²) in [6.45, 7) is 18.6. The molecule has 2 aliphatic rings. The molecule has 0 N–H and O–H groups in total. The molecule has 0 radical (unpaired) electrons. The highest BCUT2D eigenvalue weighted by molar-refractivity contribution is 6.74. The molecule has 0 spiro atoms. The Balaban J connectivity index is 1.99. The third kappa shape index (κ3) is 3.08. The maximum absolute atomic E-state index is 6.28. The van der Waals surface area contributed by atoms with Crippen LogP contribution in [0.2, 0.25) is 0 Å². The lowest BCUT2D eigenvalue weighted by molar-refractivity contribution is 0.00578. The Morgan fingerprint density at radius 3 is 1.36 bits per heavy atom.